The summed E-state index contributed by atoms with van der Waals surface area (Å²) in [6, 6.07) is 10.8. The molecule has 2 aromatic rings. The lowest BCUT2D eigenvalue weighted by atomic mass is 10.1. The zero-order chi connectivity index (χ0) is 19.6. The average Bonchev–Trinajstić information content (AvgIpc) is 2.88. The van der Waals surface area contributed by atoms with Crippen molar-refractivity contribution >= 4 is 29.1 Å². The molecule has 0 aromatic heterocycles. The Morgan fingerprint density at radius 1 is 1.11 bits per heavy atom. The lowest BCUT2D eigenvalue weighted by molar-refractivity contribution is -0.137. The fourth-order valence-corrected chi connectivity index (χ4v) is 2.85. The number of benzene rings is 2. The molecule has 2 N–H and O–H groups in total. The van der Waals surface area contributed by atoms with Crippen LogP contribution in [0.2, 0.25) is 5.02 Å². The van der Waals surface area contributed by atoms with Crippen molar-refractivity contribution in [2.24, 2.45) is 0 Å². The minimum Gasteiger partial charge on any atom is -0.456 e. The van der Waals surface area contributed by atoms with Gasteiger partial charge in [-0.2, -0.15) is 0 Å². The maximum absolute atomic E-state index is 12.2. The molecule has 3 rings (SSSR count). The third-order valence-corrected chi connectivity index (χ3v) is 4.55. The van der Waals surface area contributed by atoms with Crippen molar-refractivity contribution in [2.75, 3.05) is 18.5 Å². The van der Waals surface area contributed by atoms with E-state index in [0.29, 0.717) is 22.2 Å². The Morgan fingerprint density at radius 3 is 2.56 bits per heavy atom. The normalized spacial score (nSPS) is 13.8. The summed E-state index contributed by atoms with van der Waals surface area (Å²) in [5, 5.41) is 12.2. The van der Waals surface area contributed by atoms with Crippen LogP contribution >= 0.6 is 11.6 Å². The van der Waals surface area contributed by atoms with Gasteiger partial charge in [0.05, 0.1) is 18.2 Å². The topological polar surface area (TPSA) is 78.9 Å². The molecule has 2 aromatic carbocycles. The van der Waals surface area contributed by atoms with Crippen molar-refractivity contribution in [3.05, 3.63) is 64.3 Å². The van der Waals surface area contributed by atoms with E-state index in [1.165, 1.54) is 11.6 Å². The van der Waals surface area contributed by atoms with Crippen molar-refractivity contribution < 1.29 is 19.4 Å². The largest absolute Gasteiger partial charge is 0.456 e. The first-order valence-electron chi connectivity index (χ1n) is 8.39. The number of nitrogens with one attached hydrogen (secondary N) is 1. The summed E-state index contributed by atoms with van der Waals surface area (Å²) in [7, 11) is 0. The molecular formula is C20H19ClN2O4. The molecule has 1 aliphatic heterocycles. The standard InChI is InChI=1S/C20H19ClN2O4/c1-12-3-5-15(9-13(12)2)27-18-6-4-14(10-16(18)21)22-17-11-19(25)23(7-8-24)20(17)26/h3-6,9-11,22,24H,7-8H2,1-2H3. The maximum Gasteiger partial charge on any atom is 0.277 e. The molecular weight excluding hydrogens is 368 g/mol. The van der Waals surface area contributed by atoms with E-state index < -0.39 is 11.8 Å². The van der Waals surface area contributed by atoms with E-state index in [1.54, 1.807) is 18.2 Å². The van der Waals surface area contributed by atoms with Gasteiger partial charge in [0.1, 0.15) is 17.2 Å². The van der Waals surface area contributed by atoms with Gasteiger partial charge in [0.25, 0.3) is 11.8 Å². The number of carbonyl (C=O) groups is 2. The van der Waals surface area contributed by atoms with Gasteiger partial charge >= 0.3 is 0 Å². The Hall–Kier alpha value is -2.83. The van der Waals surface area contributed by atoms with E-state index in [4.69, 9.17) is 21.4 Å². The van der Waals surface area contributed by atoms with Crippen LogP contribution in [-0.2, 0) is 9.59 Å². The molecule has 0 fully saturated rings. The Balaban J connectivity index is 1.73. The number of ether oxygens (including phenoxy) is 1. The summed E-state index contributed by atoms with van der Waals surface area (Å²) in [6.07, 6.45) is 1.20. The van der Waals surface area contributed by atoms with E-state index in [9.17, 15) is 9.59 Å². The molecule has 0 aliphatic carbocycles. The zero-order valence-corrected chi connectivity index (χ0v) is 15.7. The molecule has 27 heavy (non-hydrogen) atoms. The molecule has 0 saturated carbocycles. The molecule has 1 aliphatic rings. The van der Waals surface area contributed by atoms with Crippen LogP contribution in [0.3, 0.4) is 0 Å². The number of carbonyl (C=O) groups excluding carboxylic acids is 2. The first-order chi connectivity index (χ1) is 12.9. The fraction of sp³-hybridized carbons (Fsp3) is 0.200. The molecule has 6 nitrogen and oxygen atoms in total. The van der Waals surface area contributed by atoms with Gasteiger partial charge in [0, 0.05) is 11.8 Å². The second-order valence-electron chi connectivity index (χ2n) is 6.19. The first kappa shape index (κ1) is 18.9. The Labute approximate surface area is 162 Å². The summed E-state index contributed by atoms with van der Waals surface area (Å²) < 4.78 is 5.83. The molecule has 0 spiro atoms. The van der Waals surface area contributed by atoms with E-state index >= 15 is 0 Å². The van der Waals surface area contributed by atoms with Crippen LogP contribution in [0.4, 0.5) is 5.69 Å². The monoisotopic (exact) mass is 386 g/mol. The van der Waals surface area contributed by atoms with Crippen molar-refractivity contribution in [3.63, 3.8) is 0 Å². The van der Waals surface area contributed by atoms with Crippen LogP contribution in [0, 0.1) is 13.8 Å². The van der Waals surface area contributed by atoms with Crippen LogP contribution in [-0.4, -0.2) is 35.0 Å². The quantitative estimate of drug-likeness (QED) is 0.744. The number of halogens is 1. The number of anilines is 1. The van der Waals surface area contributed by atoms with Crippen molar-refractivity contribution in [3.8, 4) is 11.5 Å². The molecule has 7 heteroatoms. The number of β-amino-alcohol motifs (C(OH)–C–C–N with tert-alkyl or cyclic N) is 1. The van der Waals surface area contributed by atoms with E-state index in [1.807, 2.05) is 32.0 Å². The van der Waals surface area contributed by atoms with Crippen molar-refractivity contribution in [2.45, 2.75) is 13.8 Å². The van der Waals surface area contributed by atoms with Crippen molar-refractivity contribution in [1.82, 2.24) is 4.90 Å². The fourth-order valence-electron chi connectivity index (χ4n) is 2.63. The number of aliphatic hydroxyl groups excluding tert-OH is 1. The zero-order valence-electron chi connectivity index (χ0n) is 15.0. The molecule has 0 radical (unpaired) electrons. The Bertz CT molecular complexity index is 940. The highest BCUT2D eigenvalue weighted by molar-refractivity contribution is 6.32. The van der Waals surface area contributed by atoms with Crippen LogP contribution in [0.25, 0.3) is 0 Å². The predicted molar refractivity (Wildman–Crippen MR) is 103 cm³/mol. The van der Waals surface area contributed by atoms with Gasteiger partial charge < -0.3 is 15.2 Å². The number of nitrogens with zero attached hydrogens (tertiary/aromatic N) is 1. The molecule has 2 amide bonds. The number of aryl methyl sites for hydroxylation is 2. The van der Waals surface area contributed by atoms with E-state index in [0.717, 1.165) is 10.5 Å². The first-order valence-corrected chi connectivity index (χ1v) is 8.77. The van der Waals surface area contributed by atoms with Crippen LogP contribution in [0.1, 0.15) is 11.1 Å². The van der Waals surface area contributed by atoms with E-state index in [-0.39, 0.29) is 18.8 Å². The summed E-state index contributed by atoms with van der Waals surface area (Å²) in [5.41, 5.74) is 2.97. The average molecular weight is 387 g/mol. The number of hydrogen-bond donors (Lipinski definition) is 2. The van der Waals surface area contributed by atoms with Gasteiger partial charge in [-0.1, -0.05) is 17.7 Å². The van der Waals surface area contributed by atoms with Gasteiger partial charge in [-0.05, 0) is 55.3 Å². The smallest absolute Gasteiger partial charge is 0.277 e. The minimum absolute atomic E-state index is 0.0388. The summed E-state index contributed by atoms with van der Waals surface area (Å²) in [6.45, 7) is 3.71. The summed E-state index contributed by atoms with van der Waals surface area (Å²) in [4.78, 5) is 24.9. The second kappa shape index (κ2) is 7.82. The van der Waals surface area contributed by atoms with Gasteiger partial charge in [-0.3, -0.25) is 14.5 Å². The highest BCUT2D eigenvalue weighted by Crippen LogP contribution is 2.33. The Kier molecular flexibility index (Phi) is 5.48. The lowest BCUT2D eigenvalue weighted by Gasteiger charge is -2.14. The number of rotatable bonds is 6. The van der Waals surface area contributed by atoms with Crippen LogP contribution in [0.5, 0.6) is 11.5 Å². The molecule has 0 bridgehead atoms. The third kappa shape index (κ3) is 4.13. The summed E-state index contributed by atoms with van der Waals surface area (Å²) >= 11 is 6.30. The molecule has 0 atom stereocenters. The summed E-state index contributed by atoms with van der Waals surface area (Å²) in [5.74, 6) is 0.216. The second-order valence-corrected chi connectivity index (χ2v) is 6.60. The van der Waals surface area contributed by atoms with E-state index in [2.05, 4.69) is 5.32 Å². The van der Waals surface area contributed by atoms with Gasteiger partial charge in [0.15, 0.2) is 0 Å². The van der Waals surface area contributed by atoms with Crippen molar-refractivity contribution in [1.29, 1.82) is 0 Å². The number of hydrogen-bond acceptors (Lipinski definition) is 5. The van der Waals surface area contributed by atoms with Gasteiger partial charge in [0.2, 0.25) is 0 Å². The number of aliphatic hydroxyl groups is 1. The predicted octanol–water partition coefficient (Wildman–Crippen LogP) is 3.41. The number of imide groups is 1. The maximum atomic E-state index is 12.2. The highest BCUT2D eigenvalue weighted by atomic mass is 35.5. The number of amides is 2. The molecule has 1 heterocycles. The van der Waals surface area contributed by atoms with Gasteiger partial charge in [-0.25, -0.2) is 0 Å². The van der Waals surface area contributed by atoms with Crippen LogP contribution < -0.4 is 10.1 Å². The molecule has 0 saturated heterocycles. The van der Waals surface area contributed by atoms with Crippen LogP contribution in [0.15, 0.2) is 48.2 Å². The Morgan fingerprint density at radius 2 is 1.89 bits per heavy atom. The molecule has 140 valence electrons. The van der Waals surface area contributed by atoms with Gasteiger partial charge in [-0.15, -0.1) is 0 Å². The third-order valence-electron chi connectivity index (χ3n) is 4.25. The lowest BCUT2D eigenvalue weighted by Crippen LogP contribution is -2.34. The molecule has 0 unspecified atom stereocenters. The highest BCUT2D eigenvalue weighted by Gasteiger charge is 2.30. The SMILES string of the molecule is Cc1ccc(Oc2ccc(NC3=CC(=O)N(CCO)C3=O)cc2Cl)cc1C. The minimum atomic E-state index is -0.486.